The van der Waals surface area contributed by atoms with Crippen LogP contribution in [-0.4, -0.2) is 55.2 Å². The van der Waals surface area contributed by atoms with Gasteiger partial charge in [-0.3, -0.25) is 0 Å². The van der Waals surface area contributed by atoms with E-state index < -0.39 is 6.04 Å². The lowest BCUT2D eigenvalue weighted by molar-refractivity contribution is -0.141. The summed E-state index contributed by atoms with van der Waals surface area (Å²) in [5, 5.41) is 5.90. The molecule has 1 unspecified atom stereocenters. The molecule has 0 aromatic carbocycles. The number of rotatable bonds is 7. The maximum atomic E-state index is 11.8. The fourth-order valence-corrected chi connectivity index (χ4v) is 1.72. The van der Waals surface area contributed by atoms with Crippen molar-refractivity contribution in [3.63, 3.8) is 0 Å². The number of ether oxygens (including phenoxy) is 1. The second kappa shape index (κ2) is 7.61. The van der Waals surface area contributed by atoms with Gasteiger partial charge in [-0.05, 0) is 12.3 Å². The molecule has 8 nitrogen and oxygen atoms in total. The van der Waals surface area contributed by atoms with Gasteiger partial charge in [-0.1, -0.05) is 13.8 Å². The van der Waals surface area contributed by atoms with Crippen LogP contribution in [0.3, 0.4) is 0 Å². The minimum atomic E-state index is -0.489. The zero-order valence-corrected chi connectivity index (χ0v) is 13.5. The van der Waals surface area contributed by atoms with E-state index in [1.54, 1.807) is 11.9 Å². The van der Waals surface area contributed by atoms with E-state index in [-0.39, 0.29) is 5.97 Å². The summed E-state index contributed by atoms with van der Waals surface area (Å²) in [6.45, 7) is 4.07. The van der Waals surface area contributed by atoms with E-state index in [0.717, 1.165) is 0 Å². The molecule has 1 aromatic rings. The molecule has 0 aliphatic heterocycles. The Bertz CT molecular complexity index is 478. The number of methoxy groups -OCH3 is 1. The quantitative estimate of drug-likeness (QED) is 0.719. The maximum Gasteiger partial charge on any atom is 0.328 e. The van der Waals surface area contributed by atoms with Gasteiger partial charge in [0.2, 0.25) is 17.8 Å². The van der Waals surface area contributed by atoms with Crippen LogP contribution >= 0.6 is 0 Å². The number of nitrogens with one attached hydrogen (secondary N) is 2. The Hall–Kier alpha value is -2.12. The van der Waals surface area contributed by atoms with Crippen molar-refractivity contribution in [2.24, 2.45) is 5.92 Å². The number of aromatic nitrogens is 3. The zero-order valence-electron chi connectivity index (χ0n) is 13.5. The molecule has 0 radical (unpaired) electrons. The monoisotopic (exact) mass is 296 g/mol. The lowest BCUT2D eigenvalue weighted by Gasteiger charge is -2.19. The number of carbonyl (C=O) groups excluding carboxylic acids is 1. The van der Waals surface area contributed by atoms with Gasteiger partial charge in [0.1, 0.15) is 6.04 Å². The molecule has 1 atom stereocenters. The predicted octanol–water partition coefficient (Wildman–Crippen LogP) is 0.979. The average Bonchev–Trinajstić information content (AvgIpc) is 2.44. The van der Waals surface area contributed by atoms with E-state index in [2.05, 4.69) is 25.6 Å². The minimum Gasteiger partial charge on any atom is -0.467 e. The first kappa shape index (κ1) is 16.9. The highest BCUT2D eigenvalue weighted by Crippen LogP contribution is 2.15. The van der Waals surface area contributed by atoms with Gasteiger partial charge < -0.3 is 20.3 Å². The average molecular weight is 296 g/mol. The van der Waals surface area contributed by atoms with Crippen molar-refractivity contribution in [2.75, 3.05) is 43.8 Å². The van der Waals surface area contributed by atoms with Crippen molar-refractivity contribution in [1.82, 2.24) is 15.0 Å². The molecule has 8 heteroatoms. The number of nitrogens with zero attached hydrogens (tertiary/aromatic N) is 4. The zero-order chi connectivity index (χ0) is 16.0. The van der Waals surface area contributed by atoms with Crippen LogP contribution in [0.5, 0.6) is 0 Å². The summed E-state index contributed by atoms with van der Waals surface area (Å²) in [4.78, 5) is 26.3. The van der Waals surface area contributed by atoms with Gasteiger partial charge in [0.15, 0.2) is 0 Å². The fourth-order valence-electron chi connectivity index (χ4n) is 1.72. The molecule has 0 saturated heterocycles. The van der Waals surface area contributed by atoms with E-state index in [1.807, 2.05) is 27.9 Å². The second-order valence-corrected chi connectivity index (χ2v) is 5.28. The number of hydrogen-bond donors (Lipinski definition) is 2. The Labute approximate surface area is 125 Å². The van der Waals surface area contributed by atoms with E-state index in [1.165, 1.54) is 7.11 Å². The molecule has 0 amide bonds. The Morgan fingerprint density at radius 1 is 1.24 bits per heavy atom. The lowest BCUT2D eigenvalue weighted by atomic mass is 10.0. The molecule has 0 aliphatic rings. The molecule has 0 fully saturated rings. The van der Waals surface area contributed by atoms with Gasteiger partial charge in [-0.2, -0.15) is 15.0 Å². The summed E-state index contributed by atoms with van der Waals surface area (Å²) in [6.07, 6.45) is 0.630. The SMILES string of the molecule is CNc1nc(NC(CC(C)C)C(=O)OC)nc(N(C)C)n1. The Morgan fingerprint density at radius 3 is 2.33 bits per heavy atom. The Morgan fingerprint density at radius 2 is 1.86 bits per heavy atom. The maximum absolute atomic E-state index is 11.8. The fraction of sp³-hybridized carbons (Fsp3) is 0.692. The standard InChI is InChI=1S/C13H24N6O2/c1-8(2)7-9(10(20)21-6)15-12-16-11(14-3)17-13(18-12)19(4)5/h8-9H,7H2,1-6H3,(H2,14,15,16,17,18). The summed E-state index contributed by atoms with van der Waals surface area (Å²) in [7, 11) is 6.77. The van der Waals surface area contributed by atoms with Crippen LogP contribution in [-0.2, 0) is 9.53 Å². The third-order valence-corrected chi connectivity index (χ3v) is 2.74. The highest BCUT2D eigenvalue weighted by atomic mass is 16.5. The van der Waals surface area contributed by atoms with Crippen molar-refractivity contribution in [3.8, 4) is 0 Å². The van der Waals surface area contributed by atoms with Gasteiger partial charge >= 0.3 is 5.97 Å². The molecule has 1 aromatic heterocycles. The number of anilines is 3. The number of carbonyl (C=O) groups is 1. The van der Waals surface area contributed by atoms with Crippen molar-refractivity contribution < 1.29 is 9.53 Å². The van der Waals surface area contributed by atoms with E-state index >= 15 is 0 Å². The van der Waals surface area contributed by atoms with Crippen molar-refractivity contribution in [2.45, 2.75) is 26.3 Å². The second-order valence-electron chi connectivity index (χ2n) is 5.28. The lowest BCUT2D eigenvalue weighted by Crippen LogP contribution is -2.33. The molecule has 21 heavy (non-hydrogen) atoms. The molecule has 2 N–H and O–H groups in total. The molecule has 1 rings (SSSR count). The molecule has 0 spiro atoms. The van der Waals surface area contributed by atoms with Crippen LogP contribution in [0.25, 0.3) is 0 Å². The minimum absolute atomic E-state index is 0.332. The van der Waals surface area contributed by atoms with Crippen LogP contribution in [0, 0.1) is 5.92 Å². The van der Waals surface area contributed by atoms with Gasteiger partial charge in [0.25, 0.3) is 0 Å². The first-order valence-corrected chi connectivity index (χ1v) is 6.82. The third-order valence-electron chi connectivity index (χ3n) is 2.74. The van der Waals surface area contributed by atoms with E-state index in [0.29, 0.717) is 30.2 Å². The van der Waals surface area contributed by atoms with Gasteiger partial charge in [0.05, 0.1) is 7.11 Å². The summed E-state index contributed by atoms with van der Waals surface area (Å²) in [5.41, 5.74) is 0. The highest BCUT2D eigenvalue weighted by molar-refractivity contribution is 5.78. The smallest absolute Gasteiger partial charge is 0.328 e. The molecule has 1 heterocycles. The first-order valence-electron chi connectivity index (χ1n) is 6.82. The summed E-state index contributed by atoms with van der Waals surface area (Å²) in [6, 6.07) is -0.489. The van der Waals surface area contributed by atoms with E-state index in [4.69, 9.17) is 4.74 Å². The largest absolute Gasteiger partial charge is 0.467 e. The first-order chi connectivity index (χ1) is 9.87. The van der Waals surface area contributed by atoms with Crippen LogP contribution < -0.4 is 15.5 Å². The summed E-state index contributed by atoms with van der Waals surface area (Å²) < 4.78 is 4.82. The van der Waals surface area contributed by atoms with Gasteiger partial charge in [0, 0.05) is 21.1 Å². The van der Waals surface area contributed by atoms with Crippen molar-refractivity contribution in [1.29, 1.82) is 0 Å². The third kappa shape index (κ3) is 5.05. The summed E-state index contributed by atoms with van der Waals surface area (Å²) >= 11 is 0. The number of esters is 1. The molecule has 0 aliphatic carbocycles. The highest BCUT2D eigenvalue weighted by Gasteiger charge is 2.22. The molecular formula is C13H24N6O2. The Kier molecular flexibility index (Phi) is 6.13. The van der Waals surface area contributed by atoms with Crippen molar-refractivity contribution >= 4 is 23.8 Å². The van der Waals surface area contributed by atoms with Crippen molar-refractivity contribution in [3.05, 3.63) is 0 Å². The molecule has 0 bridgehead atoms. The van der Waals surface area contributed by atoms with Crippen LogP contribution in [0.2, 0.25) is 0 Å². The van der Waals surface area contributed by atoms with Crippen LogP contribution in [0.15, 0.2) is 0 Å². The molecule has 0 saturated carbocycles. The normalized spacial score (nSPS) is 12.0. The van der Waals surface area contributed by atoms with E-state index in [9.17, 15) is 4.79 Å². The van der Waals surface area contributed by atoms with Crippen LogP contribution in [0.1, 0.15) is 20.3 Å². The topological polar surface area (TPSA) is 92.3 Å². The molecular weight excluding hydrogens is 272 g/mol. The predicted molar refractivity (Wildman–Crippen MR) is 82.6 cm³/mol. The molecule has 118 valence electrons. The van der Waals surface area contributed by atoms with Crippen LogP contribution in [0.4, 0.5) is 17.8 Å². The number of hydrogen-bond acceptors (Lipinski definition) is 8. The van der Waals surface area contributed by atoms with Gasteiger partial charge in [-0.25, -0.2) is 4.79 Å². The van der Waals surface area contributed by atoms with Gasteiger partial charge in [-0.15, -0.1) is 0 Å². The summed E-state index contributed by atoms with van der Waals surface area (Å²) in [5.74, 6) is 1.28. The Balaban J connectivity index is 3.01.